The van der Waals surface area contributed by atoms with E-state index >= 15 is 0 Å². The molecule has 0 aliphatic rings. The molecule has 2 rings (SSSR count). The van der Waals surface area contributed by atoms with Gasteiger partial charge in [-0.05, 0) is 31.0 Å². The predicted octanol–water partition coefficient (Wildman–Crippen LogP) is 2.69. The number of amides is 1. The maximum absolute atomic E-state index is 12.1. The van der Waals surface area contributed by atoms with Crippen LogP contribution in [0.25, 0.3) is 0 Å². The van der Waals surface area contributed by atoms with Crippen molar-refractivity contribution in [3.05, 3.63) is 47.8 Å². The topological polar surface area (TPSA) is 56.1 Å². The molecule has 0 aliphatic carbocycles. The van der Waals surface area contributed by atoms with Crippen LogP contribution in [0.15, 0.2) is 36.7 Å². The van der Waals surface area contributed by atoms with E-state index in [0.29, 0.717) is 24.6 Å². The first-order valence-electron chi connectivity index (χ1n) is 6.73. The van der Waals surface area contributed by atoms with Gasteiger partial charge in [-0.3, -0.25) is 4.79 Å². The third-order valence-corrected chi connectivity index (χ3v) is 2.94. The smallest absolute Gasteiger partial charge is 0.255 e. The quantitative estimate of drug-likeness (QED) is 0.880. The molecule has 2 aromatic rings. The number of anilines is 1. The average molecular weight is 273 g/mol. The number of aryl methyl sites for hydroxylation is 1. The monoisotopic (exact) mass is 273 g/mol. The van der Waals surface area contributed by atoms with Gasteiger partial charge >= 0.3 is 0 Å². The Morgan fingerprint density at radius 2 is 2.05 bits per heavy atom. The molecule has 0 unspecified atom stereocenters. The molecule has 1 aromatic carbocycles. The van der Waals surface area contributed by atoms with E-state index in [1.165, 1.54) is 5.56 Å². The third kappa shape index (κ3) is 3.68. The first kappa shape index (κ1) is 14.3. The standard InChI is InChI=1S/C15H19N3O2/c1-3-12-5-7-13(8-6-12)15(19)17-14-9-16-18(10-14)11-20-4-2/h5-10H,3-4,11H2,1-2H3,(H,17,19). The number of carbonyl (C=O) groups is 1. The summed E-state index contributed by atoms with van der Waals surface area (Å²) < 4.78 is 6.87. The van der Waals surface area contributed by atoms with Crippen LogP contribution in [-0.2, 0) is 17.9 Å². The fourth-order valence-electron chi connectivity index (χ4n) is 1.78. The van der Waals surface area contributed by atoms with E-state index in [0.717, 1.165) is 6.42 Å². The van der Waals surface area contributed by atoms with Crippen LogP contribution in [0, 0.1) is 0 Å². The first-order valence-corrected chi connectivity index (χ1v) is 6.73. The van der Waals surface area contributed by atoms with E-state index in [-0.39, 0.29) is 5.91 Å². The van der Waals surface area contributed by atoms with E-state index in [2.05, 4.69) is 17.3 Å². The highest BCUT2D eigenvalue weighted by atomic mass is 16.5. The summed E-state index contributed by atoms with van der Waals surface area (Å²) in [6.07, 6.45) is 4.32. The Morgan fingerprint density at radius 1 is 1.30 bits per heavy atom. The third-order valence-electron chi connectivity index (χ3n) is 2.94. The van der Waals surface area contributed by atoms with Crippen LogP contribution >= 0.6 is 0 Å². The van der Waals surface area contributed by atoms with Crippen molar-refractivity contribution in [3.8, 4) is 0 Å². The van der Waals surface area contributed by atoms with Crippen LogP contribution < -0.4 is 5.32 Å². The molecule has 106 valence electrons. The minimum atomic E-state index is -0.136. The Hall–Kier alpha value is -2.14. The second-order valence-electron chi connectivity index (χ2n) is 4.39. The molecule has 0 radical (unpaired) electrons. The summed E-state index contributed by atoms with van der Waals surface area (Å²) >= 11 is 0. The van der Waals surface area contributed by atoms with Crippen LogP contribution in [0.2, 0.25) is 0 Å². The highest BCUT2D eigenvalue weighted by Crippen LogP contribution is 2.10. The van der Waals surface area contributed by atoms with Gasteiger partial charge in [-0.25, -0.2) is 4.68 Å². The first-order chi connectivity index (χ1) is 9.72. The van der Waals surface area contributed by atoms with Gasteiger partial charge in [0.1, 0.15) is 6.73 Å². The number of benzene rings is 1. The summed E-state index contributed by atoms with van der Waals surface area (Å²) in [5.41, 5.74) is 2.51. The van der Waals surface area contributed by atoms with Crippen molar-refractivity contribution < 1.29 is 9.53 Å². The van der Waals surface area contributed by atoms with Crippen LogP contribution in [0.5, 0.6) is 0 Å². The molecule has 20 heavy (non-hydrogen) atoms. The van der Waals surface area contributed by atoms with Crippen molar-refractivity contribution in [1.82, 2.24) is 9.78 Å². The number of hydrogen-bond donors (Lipinski definition) is 1. The van der Waals surface area contributed by atoms with Gasteiger partial charge in [0.25, 0.3) is 5.91 Å². The van der Waals surface area contributed by atoms with Crippen molar-refractivity contribution in [1.29, 1.82) is 0 Å². The number of carbonyl (C=O) groups excluding carboxylic acids is 1. The maximum atomic E-state index is 12.1. The zero-order chi connectivity index (χ0) is 14.4. The van der Waals surface area contributed by atoms with Gasteiger partial charge in [0.15, 0.2) is 0 Å². The van der Waals surface area contributed by atoms with Gasteiger partial charge in [0.05, 0.1) is 18.1 Å². The number of aromatic nitrogens is 2. The van der Waals surface area contributed by atoms with E-state index in [1.54, 1.807) is 17.1 Å². The molecular weight excluding hydrogens is 254 g/mol. The van der Waals surface area contributed by atoms with Gasteiger partial charge in [0, 0.05) is 12.2 Å². The molecule has 1 amide bonds. The lowest BCUT2D eigenvalue weighted by molar-refractivity contribution is 0.0792. The SMILES string of the molecule is CCOCn1cc(NC(=O)c2ccc(CC)cc2)cn1. The predicted molar refractivity (Wildman–Crippen MR) is 77.6 cm³/mol. The fraction of sp³-hybridized carbons (Fsp3) is 0.333. The lowest BCUT2D eigenvalue weighted by Crippen LogP contribution is -2.11. The fourth-order valence-corrected chi connectivity index (χ4v) is 1.78. The van der Waals surface area contributed by atoms with Crippen molar-refractivity contribution in [2.24, 2.45) is 0 Å². The Bertz CT molecular complexity index is 561. The van der Waals surface area contributed by atoms with E-state index in [4.69, 9.17) is 4.74 Å². The van der Waals surface area contributed by atoms with Crippen molar-refractivity contribution in [3.63, 3.8) is 0 Å². The lowest BCUT2D eigenvalue weighted by Gasteiger charge is -2.03. The Labute approximate surface area is 118 Å². The van der Waals surface area contributed by atoms with Crippen molar-refractivity contribution in [2.45, 2.75) is 27.0 Å². The number of rotatable bonds is 6. The average Bonchev–Trinajstić information content (AvgIpc) is 2.92. The summed E-state index contributed by atoms with van der Waals surface area (Å²) in [6.45, 7) is 5.02. The maximum Gasteiger partial charge on any atom is 0.255 e. The van der Waals surface area contributed by atoms with Crippen LogP contribution in [0.1, 0.15) is 29.8 Å². The molecule has 0 bridgehead atoms. The minimum absolute atomic E-state index is 0.136. The Kier molecular flexibility index (Phi) is 4.90. The molecule has 0 saturated heterocycles. The number of hydrogen-bond acceptors (Lipinski definition) is 3. The summed E-state index contributed by atoms with van der Waals surface area (Å²) in [6, 6.07) is 7.60. The summed E-state index contributed by atoms with van der Waals surface area (Å²) in [7, 11) is 0. The zero-order valence-corrected chi connectivity index (χ0v) is 11.8. The van der Waals surface area contributed by atoms with E-state index < -0.39 is 0 Å². The molecular formula is C15H19N3O2. The lowest BCUT2D eigenvalue weighted by atomic mass is 10.1. The highest BCUT2D eigenvalue weighted by molar-refractivity contribution is 6.04. The number of nitrogens with one attached hydrogen (secondary N) is 1. The molecule has 1 heterocycles. The minimum Gasteiger partial charge on any atom is -0.360 e. The van der Waals surface area contributed by atoms with Crippen LogP contribution in [0.3, 0.4) is 0 Å². The normalized spacial score (nSPS) is 10.5. The molecule has 1 N–H and O–H groups in total. The van der Waals surface area contributed by atoms with Crippen molar-refractivity contribution >= 4 is 11.6 Å². The summed E-state index contributed by atoms with van der Waals surface area (Å²) in [5.74, 6) is -0.136. The molecule has 0 saturated carbocycles. The van der Waals surface area contributed by atoms with Crippen molar-refractivity contribution in [2.75, 3.05) is 11.9 Å². The number of nitrogens with zero attached hydrogens (tertiary/aromatic N) is 2. The van der Waals surface area contributed by atoms with Crippen LogP contribution in [0.4, 0.5) is 5.69 Å². The van der Waals surface area contributed by atoms with Crippen LogP contribution in [-0.4, -0.2) is 22.3 Å². The second kappa shape index (κ2) is 6.86. The molecule has 0 atom stereocenters. The zero-order valence-electron chi connectivity index (χ0n) is 11.8. The molecule has 5 nitrogen and oxygen atoms in total. The largest absolute Gasteiger partial charge is 0.360 e. The molecule has 1 aromatic heterocycles. The van der Waals surface area contributed by atoms with Gasteiger partial charge < -0.3 is 10.1 Å². The van der Waals surface area contributed by atoms with Gasteiger partial charge in [-0.1, -0.05) is 19.1 Å². The van der Waals surface area contributed by atoms with Gasteiger partial charge in [-0.15, -0.1) is 0 Å². The molecule has 5 heteroatoms. The Balaban J connectivity index is 1.97. The Morgan fingerprint density at radius 3 is 2.70 bits per heavy atom. The van der Waals surface area contributed by atoms with Gasteiger partial charge in [-0.2, -0.15) is 5.10 Å². The molecule has 0 aliphatic heterocycles. The van der Waals surface area contributed by atoms with E-state index in [9.17, 15) is 4.79 Å². The molecule has 0 spiro atoms. The highest BCUT2D eigenvalue weighted by Gasteiger charge is 2.07. The summed E-state index contributed by atoms with van der Waals surface area (Å²) in [4.78, 5) is 12.1. The second-order valence-corrected chi connectivity index (χ2v) is 4.39. The number of ether oxygens (including phenoxy) is 1. The van der Waals surface area contributed by atoms with E-state index in [1.807, 2.05) is 31.2 Å². The van der Waals surface area contributed by atoms with Gasteiger partial charge in [0.2, 0.25) is 0 Å². The summed E-state index contributed by atoms with van der Waals surface area (Å²) in [5, 5.41) is 6.92. The molecule has 0 fully saturated rings.